The predicted octanol–water partition coefficient (Wildman–Crippen LogP) is 6.05. The molecular weight excluding hydrogens is 518 g/mol. The first-order chi connectivity index (χ1) is 16.4. The van der Waals surface area contributed by atoms with Crippen molar-refractivity contribution >= 4 is 28.3 Å². The molecule has 3 unspecified atom stereocenters. The summed E-state index contributed by atoms with van der Waals surface area (Å²) in [6.45, 7) is 2.35. The zero-order valence-corrected chi connectivity index (χ0v) is 22.0. The van der Waals surface area contributed by atoms with Crippen LogP contribution in [0.25, 0.3) is 0 Å². The minimum absolute atomic E-state index is 0.0721. The maximum absolute atomic E-state index is 12.0. The van der Waals surface area contributed by atoms with Crippen molar-refractivity contribution in [2.45, 2.75) is 63.4 Å². The minimum atomic E-state index is -0.665. The molecule has 2 aromatic rings. The predicted molar refractivity (Wildman–Crippen MR) is 135 cm³/mol. The highest BCUT2D eigenvalue weighted by Crippen LogP contribution is 2.65. The van der Waals surface area contributed by atoms with E-state index in [4.69, 9.17) is 14.8 Å². The normalized spacial score (nSPS) is 32.0. The third-order valence-corrected chi connectivity index (χ3v) is 9.78. The standard InChI is InChI=1S/C26H32BrNO5S/c1-25-10-8-19-20(22(25)9-11-26(25,29)15-16-4-3-5-18(27)12-16)7-6-17-13-24(31-34-33-32-28)23(30-2)14-21(17)19/h3-5,12-14,19-20,22,29H,6-11,15,28H2,1-2H3/t19?,20?,22?,25-,26+/m0/s1. The lowest BCUT2D eigenvalue weighted by Crippen LogP contribution is -2.51. The summed E-state index contributed by atoms with van der Waals surface area (Å²) in [5.74, 6) is 7.75. The van der Waals surface area contributed by atoms with Crippen molar-refractivity contribution < 1.29 is 23.3 Å². The minimum Gasteiger partial charge on any atom is -0.493 e. The number of aryl methyl sites for hydroxylation is 1. The molecule has 2 fully saturated rings. The van der Waals surface area contributed by atoms with Gasteiger partial charge in [-0.05, 0) is 103 Å². The van der Waals surface area contributed by atoms with E-state index in [1.54, 1.807) is 7.11 Å². The molecule has 0 saturated heterocycles. The Morgan fingerprint density at radius 2 is 2.00 bits per heavy atom. The number of halogens is 1. The van der Waals surface area contributed by atoms with Crippen LogP contribution in [0.5, 0.6) is 11.5 Å². The molecule has 0 bridgehead atoms. The van der Waals surface area contributed by atoms with Gasteiger partial charge in [-0.15, -0.1) is 9.32 Å². The summed E-state index contributed by atoms with van der Waals surface area (Å²) in [6.07, 6.45) is 6.90. The van der Waals surface area contributed by atoms with Crippen molar-refractivity contribution in [2.75, 3.05) is 7.11 Å². The SMILES string of the molecule is COc1cc2c(cc1OSOON)CCC1C2CC[C@@]2(C)C1CC[C@@]2(O)Cc1cccc(Br)c1. The number of nitrogens with two attached hydrogens (primary N) is 1. The van der Waals surface area contributed by atoms with Crippen molar-refractivity contribution in [1.29, 1.82) is 0 Å². The van der Waals surface area contributed by atoms with Crippen molar-refractivity contribution in [3.05, 3.63) is 57.6 Å². The Labute approximate surface area is 213 Å². The van der Waals surface area contributed by atoms with Crippen LogP contribution in [0.3, 0.4) is 0 Å². The molecule has 3 aliphatic rings. The quantitative estimate of drug-likeness (QED) is 0.188. The molecule has 0 amide bonds. The summed E-state index contributed by atoms with van der Waals surface area (Å²) in [6, 6.07) is 12.6. The molecule has 0 spiro atoms. The van der Waals surface area contributed by atoms with Gasteiger partial charge in [0.25, 0.3) is 12.3 Å². The molecule has 5 rings (SSSR count). The van der Waals surface area contributed by atoms with Gasteiger partial charge in [-0.25, -0.2) is 0 Å². The van der Waals surface area contributed by atoms with Gasteiger partial charge in [0.05, 0.1) is 12.7 Å². The summed E-state index contributed by atoms with van der Waals surface area (Å²) in [4.78, 5) is 4.10. The molecule has 34 heavy (non-hydrogen) atoms. The second kappa shape index (κ2) is 9.64. The fourth-order valence-electron chi connectivity index (χ4n) is 7.25. The van der Waals surface area contributed by atoms with E-state index in [1.165, 1.54) is 16.7 Å². The van der Waals surface area contributed by atoms with E-state index in [0.29, 0.717) is 48.0 Å². The van der Waals surface area contributed by atoms with Crippen molar-refractivity contribution in [3.63, 3.8) is 0 Å². The van der Waals surface area contributed by atoms with Crippen LogP contribution in [0.2, 0.25) is 0 Å². The van der Waals surface area contributed by atoms with Crippen molar-refractivity contribution in [1.82, 2.24) is 0 Å². The van der Waals surface area contributed by atoms with E-state index in [1.807, 2.05) is 6.07 Å². The second-order valence-electron chi connectivity index (χ2n) is 10.3. The van der Waals surface area contributed by atoms with Crippen LogP contribution in [0.15, 0.2) is 40.9 Å². The average Bonchev–Trinajstić information content (AvgIpc) is 3.09. The lowest BCUT2D eigenvalue weighted by atomic mass is 9.52. The van der Waals surface area contributed by atoms with Gasteiger partial charge < -0.3 is 14.0 Å². The zero-order valence-electron chi connectivity index (χ0n) is 19.6. The van der Waals surface area contributed by atoms with Gasteiger partial charge in [-0.3, -0.25) is 0 Å². The zero-order chi connectivity index (χ0) is 23.9. The monoisotopic (exact) mass is 549 g/mol. The number of fused-ring (bicyclic) bond motifs is 5. The van der Waals surface area contributed by atoms with Crippen LogP contribution in [-0.4, -0.2) is 17.8 Å². The van der Waals surface area contributed by atoms with E-state index in [9.17, 15) is 5.11 Å². The van der Waals surface area contributed by atoms with Crippen LogP contribution >= 0.6 is 28.3 Å². The lowest BCUT2D eigenvalue weighted by molar-refractivity contribution is -0.199. The molecule has 6 nitrogen and oxygen atoms in total. The summed E-state index contributed by atoms with van der Waals surface area (Å²) >= 11 is 4.25. The Balaban J connectivity index is 1.40. The Kier molecular flexibility index (Phi) is 6.92. The first kappa shape index (κ1) is 24.4. The van der Waals surface area contributed by atoms with E-state index in [0.717, 1.165) is 43.0 Å². The van der Waals surface area contributed by atoms with E-state index in [-0.39, 0.29) is 5.41 Å². The molecule has 0 heterocycles. The van der Waals surface area contributed by atoms with Gasteiger partial charge in [0.15, 0.2) is 11.5 Å². The Hall–Kier alpha value is -1.29. The molecule has 3 aliphatic carbocycles. The summed E-state index contributed by atoms with van der Waals surface area (Å²) in [7, 11) is 1.65. The summed E-state index contributed by atoms with van der Waals surface area (Å²) < 4.78 is 16.9. The first-order valence-electron chi connectivity index (χ1n) is 11.9. The number of methoxy groups -OCH3 is 1. The molecule has 0 aliphatic heterocycles. The van der Waals surface area contributed by atoms with Crippen LogP contribution < -0.4 is 14.8 Å². The van der Waals surface area contributed by atoms with E-state index < -0.39 is 5.60 Å². The summed E-state index contributed by atoms with van der Waals surface area (Å²) in [5, 5.41) is 12.0. The third-order valence-electron chi connectivity index (χ3n) is 8.91. The molecule has 2 aromatic carbocycles. The molecule has 184 valence electrons. The van der Waals surface area contributed by atoms with E-state index in [2.05, 4.69) is 62.5 Å². The van der Waals surface area contributed by atoms with Crippen LogP contribution in [-0.2, 0) is 22.2 Å². The van der Waals surface area contributed by atoms with Crippen molar-refractivity contribution in [2.24, 2.45) is 23.1 Å². The largest absolute Gasteiger partial charge is 0.493 e. The van der Waals surface area contributed by atoms with E-state index >= 15 is 0 Å². The number of ether oxygens (including phenoxy) is 1. The highest BCUT2D eigenvalue weighted by molar-refractivity contribution is 9.10. The van der Waals surface area contributed by atoms with Gasteiger partial charge >= 0.3 is 0 Å². The number of benzene rings is 2. The van der Waals surface area contributed by atoms with Gasteiger partial charge in [0.2, 0.25) is 0 Å². The maximum atomic E-state index is 12.0. The highest BCUT2D eigenvalue weighted by atomic mass is 79.9. The number of rotatable bonds is 7. The maximum Gasteiger partial charge on any atom is 0.260 e. The number of aliphatic hydroxyl groups is 1. The third kappa shape index (κ3) is 4.16. The smallest absolute Gasteiger partial charge is 0.260 e. The second-order valence-corrected chi connectivity index (χ2v) is 11.6. The van der Waals surface area contributed by atoms with Gasteiger partial charge in [-0.1, -0.05) is 35.0 Å². The van der Waals surface area contributed by atoms with Gasteiger partial charge in [-0.2, -0.15) is 5.90 Å². The van der Waals surface area contributed by atoms with Crippen LogP contribution in [0.4, 0.5) is 0 Å². The highest BCUT2D eigenvalue weighted by Gasteiger charge is 2.61. The Morgan fingerprint density at radius 1 is 1.15 bits per heavy atom. The van der Waals surface area contributed by atoms with Gasteiger partial charge in [0, 0.05) is 10.9 Å². The number of hydrogen-bond acceptors (Lipinski definition) is 7. The van der Waals surface area contributed by atoms with Crippen LogP contribution in [0.1, 0.15) is 61.6 Å². The molecular formula is C26H32BrNO5S. The molecule has 2 saturated carbocycles. The first-order valence-corrected chi connectivity index (χ1v) is 13.4. The fourth-order valence-corrected chi connectivity index (χ4v) is 7.96. The number of hydrogen-bond donors (Lipinski definition) is 2. The molecule has 8 heteroatoms. The topological polar surface area (TPSA) is 83.2 Å². The van der Waals surface area contributed by atoms with Gasteiger partial charge in [0.1, 0.15) is 0 Å². The Bertz CT molecular complexity index is 1050. The average molecular weight is 551 g/mol. The summed E-state index contributed by atoms with van der Waals surface area (Å²) in [5.41, 5.74) is 3.14. The molecule has 0 aromatic heterocycles. The van der Waals surface area contributed by atoms with Crippen molar-refractivity contribution in [3.8, 4) is 11.5 Å². The Morgan fingerprint density at radius 3 is 2.76 bits per heavy atom. The molecule has 3 N–H and O–H groups in total. The molecule has 0 radical (unpaired) electrons. The molecule has 5 atom stereocenters. The fraction of sp³-hybridized carbons (Fsp3) is 0.538. The van der Waals surface area contributed by atoms with Crippen LogP contribution in [0, 0.1) is 17.3 Å². The lowest BCUT2D eigenvalue weighted by Gasteiger charge is -2.53.